The van der Waals surface area contributed by atoms with Crippen LogP contribution in [0.3, 0.4) is 0 Å². The number of fused-ring (bicyclic) bond motifs is 1. The minimum atomic E-state index is -0.0749. The van der Waals surface area contributed by atoms with Gasteiger partial charge < -0.3 is 9.32 Å². The van der Waals surface area contributed by atoms with Gasteiger partial charge in [-0.2, -0.15) is 0 Å². The van der Waals surface area contributed by atoms with E-state index in [2.05, 4.69) is 56.3 Å². The number of hydrogen-bond acceptors (Lipinski definition) is 2. The first-order valence-corrected chi connectivity index (χ1v) is 8.67. The number of carbonyl (C=O) groups is 1. The molecule has 0 saturated carbocycles. The third kappa shape index (κ3) is 2.76. The van der Waals surface area contributed by atoms with Crippen LogP contribution in [0.4, 0.5) is 5.69 Å². The SMILES string of the molecule is Cc1ccc2c(c1)C(c1ccccc1)CC(C)N2C(=O)c1ccco1. The van der Waals surface area contributed by atoms with E-state index in [0.717, 1.165) is 12.1 Å². The number of hydrogen-bond donors (Lipinski definition) is 0. The van der Waals surface area contributed by atoms with Crippen molar-refractivity contribution in [3.8, 4) is 0 Å². The van der Waals surface area contributed by atoms with Crippen LogP contribution in [-0.2, 0) is 0 Å². The molecule has 2 aromatic carbocycles. The Labute approximate surface area is 147 Å². The highest BCUT2D eigenvalue weighted by Crippen LogP contribution is 2.43. The van der Waals surface area contributed by atoms with Gasteiger partial charge in [-0.05, 0) is 49.6 Å². The van der Waals surface area contributed by atoms with Gasteiger partial charge in [0.25, 0.3) is 5.91 Å². The maximum Gasteiger partial charge on any atom is 0.294 e. The Morgan fingerprint density at radius 1 is 1.08 bits per heavy atom. The molecule has 0 N–H and O–H groups in total. The predicted molar refractivity (Wildman–Crippen MR) is 99.1 cm³/mol. The lowest BCUT2D eigenvalue weighted by Crippen LogP contribution is -2.43. The number of rotatable bonds is 2. The van der Waals surface area contributed by atoms with E-state index in [9.17, 15) is 4.79 Å². The van der Waals surface area contributed by atoms with Crippen molar-refractivity contribution in [3.63, 3.8) is 0 Å². The van der Waals surface area contributed by atoms with Gasteiger partial charge in [-0.25, -0.2) is 0 Å². The first kappa shape index (κ1) is 15.7. The highest BCUT2D eigenvalue weighted by Gasteiger charge is 2.35. The molecular weight excluding hydrogens is 310 g/mol. The van der Waals surface area contributed by atoms with E-state index in [1.54, 1.807) is 18.4 Å². The van der Waals surface area contributed by atoms with Gasteiger partial charge in [0.2, 0.25) is 0 Å². The Hall–Kier alpha value is -2.81. The zero-order valence-corrected chi connectivity index (χ0v) is 14.5. The molecular formula is C22H21NO2. The maximum absolute atomic E-state index is 13.0. The van der Waals surface area contributed by atoms with Crippen LogP contribution in [0.15, 0.2) is 71.3 Å². The van der Waals surface area contributed by atoms with Crippen LogP contribution in [0, 0.1) is 6.92 Å². The second-order valence-corrected chi connectivity index (χ2v) is 6.76. The molecule has 3 heteroatoms. The van der Waals surface area contributed by atoms with Gasteiger partial charge in [0.05, 0.1) is 6.26 Å². The fourth-order valence-corrected chi connectivity index (χ4v) is 3.81. The number of benzene rings is 2. The predicted octanol–water partition coefficient (Wildman–Crippen LogP) is 5.16. The van der Waals surface area contributed by atoms with Crippen LogP contribution in [0.1, 0.15) is 46.5 Å². The summed E-state index contributed by atoms with van der Waals surface area (Å²) in [5, 5.41) is 0. The van der Waals surface area contributed by atoms with E-state index in [1.807, 2.05) is 11.0 Å². The van der Waals surface area contributed by atoms with E-state index in [-0.39, 0.29) is 11.9 Å². The highest BCUT2D eigenvalue weighted by molar-refractivity contribution is 6.05. The average molecular weight is 331 g/mol. The Bertz CT molecular complexity index is 884. The summed E-state index contributed by atoms with van der Waals surface area (Å²) in [7, 11) is 0. The summed E-state index contributed by atoms with van der Waals surface area (Å²) in [6.07, 6.45) is 2.44. The van der Waals surface area contributed by atoms with Crippen molar-refractivity contribution < 1.29 is 9.21 Å². The summed E-state index contributed by atoms with van der Waals surface area (Å²) in [5.74, 6) is 0.609. The maximum atomic E-state index is 13.0. The van der Waals surface area contributed by atoms with E-state index < -0.39 is 0 Å². The number of nitrogens with zero attached hydrogens (tertiary/aromatic N) is 1. The standard InChI is InChI=1S/C22H21NO2/c1-15-10-11-20-19(13-15)18(17-7-4-3-5-8-17)14-16(2)23(20)22(24)21-9-6-12-25-21/h3-13,16,18H,14H2,1-2H3. The van der Waals surface area contributed by atoms with E-state index >= 15 is 0 Å². The highest BCUT2D eigenvalue weighted by atomic mass is 16.3. The topological polar surface area (TPSA) is 33.5 Å². The molecule has 2 heterocycles. The van der Waals surface area contributed by atoms with Crippen LogP contribution in [0.5, 0.6) is 0 Å². The molecule has 3 aromatic rings. The monoisotopic (exact) mass is 331 g/mol. The Kier molecular flexibility index (Phi) is 3.92. The molecule has 1 amide bonds. The third-order valence-electron chi connectivity index (χ3n) is 4.99. The first-order chi connectivity index (χ1) is 12.1. The molecule has 1 aliphatic rings. The molecule has 4 rings (SSSR count). The lowest BCUT2D eigenvalue weighted by Gasteiger charge is -2.39. The minimum Gasteiger partial charge on any atom is -0.459 e. The van der Waals surface area contributed by atoms with Gasteiger partial charge in [0, 0.05) is 17.6 Å². The Morgan fingerprint density at radius 3 is 2.60 bits per heavy atom. The molecule has 2 unspecified atom stereocenters. The molecule has 0 aliphatic carbocycles. The van der Waals surface area contributed by atoms with E-state index in [1.165, 1.54) is 16.7 Å². The van der Waals surface area contributed by atoms with Crippen molar-refractivity contribution in [1.29, 1.82) is 0 Å². The third-order valence-corrected chi connectivity index (χ3v) is 4.99. The molecule has 3 nitrogen and oxygen atoms in total. The molecule has 1 aliphatic heterocycles. The van der Waals surface area contributed by atoms with Gasteiger partial charge in [0.1, 0.15) is 0 Å². The molecule has 1 aromatic heterocycles. The fraction of sp³-hybridized carbons (Fsp3) is 0.227. The van der Waals surface area contributed by atoms with Gasteiger partial charge in [-0.3, -0.25) is 4.79 Å². The van der Waals surface area contributed by atoms with Crippen LogP contribution >= 0.6 is 0 Å². The molecule has 0 fully saturated rings. The molecule has 0 radical (unpaired) electrons. The van der Waals surface area contributed by atoms with Crippen molar-refractivity contribution in [1.82, 2.24) is 0 Å². The Morgan fingerprint density at radius 2 is 1.88 bits per heavy atom. The number of aryl methyl sites for hydroxylation is 1. The number of anilines is 1. The zero-order valence-electron chi connectivity index (χ0n) is 14.5. The van der Waals surface area contributed by atoms with Crippen molar-refractivity contribution in [3.05, 3.63) is 89.4 Å². The van der Waals surface area contributed by atoms with Crippen LogP contribution in [-0.4, -0.2) is 11.9 Å². The summed E-state index contributed by atoms with van der Waals surface area (Å²) in [5.41, 5.74) is 4.70. The van der Waals surface area contributed by atoms with Crippen molar-refractivity contribution in [2.45, 2.75) is 32.2 Å². The zero-order chi connectivity index (χ0) is 17.4. The van der Waals surface area contributed by atoms with Gasteiger partial charge in [0.15, 0.2) is 5.76 Å². The number of amides is 1. The van der Waals surface area contributed by atoms with Gasteiger partial charge >= 0.3 is 0 Å². The molecule has 126 valence electrons. The molecule has 2 atom stereocenters. The lowest BCUT2D eigenvalue weighted by atomic mass is 9.80. The smallest absolute Gasteiger partial charge is 0.294 e. The van der Waals surface area contributed by atoms with E-state index in [4.69, 9.17) is 4.42 Å². The number of carbonyl (C=O) groups excluding carboxylic acids is 1. The second kappa shape index (κ2) is 6.25. The normalized spacial score (nSPS) is 19.5. The summed E-state index contributed by atoms with van der Waals surface area (Å²) in [6, 6.07) is 20.5. The minimum absolute atomic E-state index is 0.0749. The Balaban J connectivity index is 1.83. The van der Waals surface area contributed by atoms with Crippen LogP contribution < -0.4 is 4.90 Å². The summed E-state index contributed by atoms with van der Waals surface area (Å²) < 4.78 is 5.36. The van der Waals surface area contributed by atoms with Crippen LogP contribution in [0.25, 0.3) is 0 Å². The fourth-order valence-electron chi connectivity index (χ4n) is 3.81. The average Bonchev–Trinajstić information content (AvgIpc) is 3.16. The van der Waals surface area contributed by atoms with Crippen molar-refractivity contribution in [2.24, 2.45) is 0 Å². The van der Waals surface area contributed by atoms with Gasteiger partial charge in [-0.1, -0.05) is 48.0 Å². The largest absolute Gasteiger partial charge is 0.459 e. The summed E-state index contributed by atoms with van der Waals surface area (Å²) in [4.78, 5) is 14.9. The van der Waals surface area contributed by atoms with Crippen molar-refractivity contribution in [2.75, 3.05) is 4.90 Å². The first-order valence-electron chi connectivity index (χ1n) is 8.67. The lowest BCUT2D eigenvalue weighted by molar-refractivity contribution is 0.0947. The van der Waals surface area contributed by atoms with Crippen molar-refractivity contribution >= 4 is 11.6 Å². The second-order valence-electron chi connectivity index (χ2n) is 6.76. The quantitative estimate of drug-likeness (QED) is 0.650. The van der Waals surface area contributed by atoms with E-state index in [0.29, 0.717) is 11.7 Å². The molecule has 0 spiro atoms. The number of furan rings is 1. The van der Waals surface area contributed by atoms with Crippen LogP contribution in [0.2, 0.25) is 0 Å². The summed E-state index contributed by atoms with van der Waals surface area (Å²) >= 11 is 0. The van der Waals surface area contributed by atoms with Gasteiger partial charge in [-0.15, -0.1) is 0 Å². The molecule has 0 bridgehead atoms. The molecule has 0 saturated heterocycles. The molecule has 25 heavy (non-hydrogen) atoms. The summed E-state index contributed by atoms with van der Waals surface area (Å²) in [6.45, 7) is 4.21.